The van der Waals surface area contributed by atoms with Crippen LogP contribution in [-0.4, -0.2) is 20.2 Å². The van der Waals surface area contributed by atoms with Gasteiger partial charge in [0.15, 0.2) is 0 Å². The maximum Gasteiger partial charge on any atom is 0.399 e. The molecule has 0 aliphatic heterocycles. The number of aromatic nitrogens is 4. The van der Waals surface area contributed by atoms with Crippen LogP contribution in [0.2, 0.25) is 0 Å². The van der Waals surface area contributed by atoms with Crippen molar-refractivity contribution >= 4 is 11.8 Å². The molecule has 3 aromatic rings. The number of hydrogen-bond donors (Lipinski definition) is 1. The molecule has 0 atom stereocenters. The van der Waals surface area contributed by atoms with Gasteiger partial charge < -0.3 is 9.15 Å². The van der Waals surface area contributed by atoms with Crippen LogP contribution in [0, 0.1) is 0 Å². The van der Waals surface area contributed by atoms with Gasteiger partial charge in [0.05, 0.1) is 5.69 Å². The third-order valence-electron chi connectivity index (χ3n) is 3.27. The zero-order chi connectivity index (χ0) is 14.8. The lowest BCUT2D eigenvalue weighted by molar-refractivity contribution is 0.331. The second kappa shape index (κ2) is 5.84. The van der Waals surface area contributed by atoms with E-state index in [9.17, 15) is 0 Å². The first-order valence-electron chi connectivity index (χ1n) is 7.09. The monoisotopic (exact) mass is 314 g/mol. The molecule has 1 aliphatic carbocycles. The lowest BCUT2D eigenvalue weighted by Gasteiger charge is -1.98. The summed E-state index contributed by atoms with van der Waals surface area (Å²) >= 11 is 1.53. The molecule has 0 saturated heterocycles. The molecule has 0 amide bonds. The van der Waals surface area contributed by atoms with Crippen molar-refractivity contribution in [3.63, 3.8) is 0 Å². The number of ether oxygens (including phenoxy) is 1. The van der Waals surface area contributed by atoms with Gasteiger partial charge in [0.2, 0.25) is 5.16 Å². The lowest BCUT2D eigenvalue weighted by atomic mass is 10.3. The molecule has 0 bridgehead atoms. The summed E-state index contributed by atoms with van der Waals surface area (Å²) in [6, 6.07) is 9.43. The van der Waals surface area contributed by atoms with Crippen molar-refractivity contribution in [3.8, 4) is 11.8 Å². The molecule has 7 heteroatoms. The second-order valence-electron chi connectivity index (χ2n) is 5.09. The van der Waals surface area contributed by atoms with E-state index in [1.807, 2.05) is 30.3 Å². The van der Waals surface area contributed by atoms with E-state index >= 15 is 0 Å². The number of rotatable bonds is 6. The Bertz CT molecular complexity index is 752. The molecule has 1 saturated carbocycles. The van der Waals surface area contributed by atoms with Gasteiger partial charge in [0, 0.05) is 11.7 Å². The van der Waals surface area contributed by atoms with Crippen LogP contribution in [0.4, 0.5) is 0 Å². The fourth-order valence-electron chi connectivity index (χ4n) is 1.99. The molecule has 112 valence electrons. The van der Waals surface area contributed by atoms with Crippen molar-refractivity contribution in [3.05, 3.63) is 48.1 Å². The third-order valence-corrected chi connectivity index (χ3v) is 4.16. The topological polar surface area (TPSA) is 76.8 Å². The van der Waals surface area contributed by atoms with E-state index in [-0.39, 0.29) is 6.08 Å². The van der Waals surface area contributed by atoms with Crippen molar-refractivity contribution in [2.45, 2.75) is 29.7 Å². The molecular formula is C15H14N4O2S. The Kier molecular flexibility index (Phi) is 3.56. The minimum atomic E-state index is 0.246. The van der Waals surface area contributed by atoms with E-state index in [1.54, 1.807) is 6.26 Å². The van der Waals surface area contributed by atoms with Gasteiger partial charge in [0.25, 0.3) is 0 Å². The van der Waals surface area contributed by atoms with Gasteiger partial charge in [0.1, 0.15) is 17.8 Å². The van der Waals surface area contributed by atoms with Gasteiger partial charge in [-0.05, 0) is 25.0 Å². The Morgan fingerprint density at radius 3 is 2.91 bits per heavy atom. The predicted molar refractivity (Wildman–Crippen MR) is 80.9 cm³/mol. The molecule has 0 unspecified atom stereocenters. The number of thioether (sulfide) groups is 1. The van der Waals surface area contributed by atoms with Crippen LogP contribution in [-0.2, 0) is 5.75 Å². The Morgan fingerprint density at radius 1 is 1.23 bits per heavy atom. The number of nitrogens with one attached hydrogen (secondary N) is 1. The van der Waals surface area contributed by atoms with E-state index in [4.69, 9.17) is 9.15 Å². The van der Waals surface area contributed by atoms with Gasteiger partial charge in [-0.15, -0.1) is 5.10 Å². The number of H-pyrrole nitrogens is 1. The van der Waals surface area contributed by atoms with Crippen molar-refractivity contribution in [1.82, 2.24) is 20.2 Å². The summed E-state index contributed by atoms with van der Waals surface area (Å²) in [5.41, 5.74) is 0.800. The third kappa shape index (κ3) is 3.14. The van der Waals surface area contributed by atoms with Crippen LogP contribution in [0.3, 0.4) is 0 Å². The molecule has 2 heterocycles. The minimum Gasteiger partial charge on any atom is -0.417 e. The molecule has 1 aromatic carbocycles. The quantitative estimate of drug-likeness (QED) is 0.698. The predicted octanol–water partition coefficient (Wildman–Crippen LogP) is 3.75. The van der Waals surface area contributed by atoms with Crippen LogP contribution in [0.25, 0.3) is 0 Å². The maximum absolute atomic E-state index is 5.53. The zero-order valence-corrected chi connectivity index (χ0v) is 12.5. The fourth-order valence-corrected chi connectivity index (χ4v) is 2.67. The molecule has 22 heavy (non-hydrogen) atoms. The summed E-state index contributed by atoms with van der Waals surface area (Å²) in [5, 5.41) is 7.94. The summed E-state index contributed by atoms with van der Waals surface area (Å²) in [6.07, 6.45) is 4.26. The normalized spacial score (nSPS) is 14.2. The molecule has 4 rings (SSSR count). The van der Waals surface area contributed by atoms with E-state index in [0.29, 0.717) is 17.4 Å². The number of hydrogen-bond acceptors (Lipinski definition) is 6. The highest BCUT2D eigenvalue weighted by Gasteiger charge is 2.27. The fraction of sp³-hybridized carbons (Fsp3) is 0.267. The van der Waals surface area contributed by atoms with Crippen LogP contribution in [0.15, 0.2) is 46.2 Å². The summed E-state index contributed by atoms with van der Waals surface area (Å²) in [7, 11) is 0. The first-order chi connectivity index (χ1) is 10.9. The first-order valence-corrected chi connectivity index (χ1v) is 8.08. The van der Waals surface area contributed by atoms with Gasteiger partial charge in [-0.25, -0.2) is 4.98 Å². The highest BCUT2D eigenvalue weighted by Crippen LogP contribution is 2.38. The highest BCUT2D eigenvalue weighted by molar-refractivity contribution is 7.98. The van der Waals surface area contributed by atoms with Crippen LogP contribution >= 0.6 is 11.8 Å². The highest BCUT2D eigenvalue weighted by atomic mass is 32.2. The summed E-state index contributed by atoms with van der Waals surface area (Å²) in [5.74, 6) is 2.92. The van der Waals surface area contributed by atoms with Gasteiger partial charge >= 0.3 is 6.08 Å². The number of aromatic amines is 1. The van der Waals surface area contributed by atoms with Crippen molar-refractivity contribution in [1.29, 1.82) is 0 Å². The van der Waals surface area contributed by atoms with Crippen molar-refractivity contribution < 1.29 is 9.15 Å². The zero-order valence-electron chi connectivity index (χ0n) is 11.7. The Labute approximate surface area is 131 Å². The molecule has 6 nitrogen and oxygen atoms in total. The smallest absolute Gasteiger partial charge is 0.399 e. The molecule has 1 aliphatic rings. The second-order valence-corrected chi connectivity index (χ2v) is 6.03. The first kappa shape index (κ1) is 13.4. The molecule has 2 aromatic heterocycles. The van der Waals surface area contributed by atoms with Gasteiger partial charge in [-0.3, -0.25) is 5.10 Å². The summed E-state index contributed by atoms with van der Waals surface area (Å²) < 4.78 is 10.8. The Morgan fingerprint density at radius 2 is 2.09 bits per heavy atom. The van der Waals surface area contributed by atoms with Crippen LogP contribution < -0.4 is 4.74 Å². The molecule has 0 spiro atoms. The standard InChI is InChI=1S/C15H14N4O2S/c1-2-4-12(5-3-1)21-15-16-11(8-20-15)9-22-14-17-13(18-19-14)10-6-7-10/h1-5,8,10H,6-7,9H2,(H,17,18,19). The maximum atomic E-state index is 5.53. The van der Waals surface area contributed by atoms with Crippen molar-refractivity contribution in [2.24, 2.45) is 0 Å². The Hall–Kier alpha value is -2.28. The SMILES string of the molecule is c1ccc(Oc2nc(CSc3n[nH]c(C4CC4)n3)co2)cc1. The van der Waals surface area contributed by atoms with Crippen LogP contribution in [0.5, 0.6) is 11.8 Å². The minimum absolute atomic E-state index is 0.246. The van der Waals surface area contributed by atoms with E-state index in [2.05, 4.69) is 20.2 Å². The van der Waals surface area contributed by atoms with Crippen LogP contribution in [0.1, 0.15) is 30.3 Å². The van der Waals surface area contributed by atoms with E-state index in [0.717, 1.165) is 16.7 Å². The largest absolute Gasteiger partial charge is 0.417 e. The van der Waals surface area contributed by atoms with Crippen molar-refractivity contribution in [2.75, 3.05) is 0 Å². The number of oxazole rings is 1. The molecule has 0 radical (unpaired) electrons. The summed E-state index contributed by atoms with van der Waals surface area (Å²) in [4.78, 5) is 8.77. The van der Waals surface area contributed by atoms with Gasteiger partial charge in [-0.1, -0.05) is 30.0 Å². The molecule has 1 fully saturated rings. The molecule has 1 N–H and O–H groups in total. The number of benzene rings is 1. The van der Waals surface area contributed by atoms with E-state index in [1.165, 1.54) is 24.6 Å². The van der Waals surface area contributed by atoms with Gasteiger partial charge in [-0.2, -0.15) is 4.98 Å². The number of nitrogens with zero attached hydrogens (tertiary/aromatic N) is 3. The lowest BCUT2D eigenvalue weighted by Crippen LogP contribution is -1.86. The summed E-state index contributed by atoms with van der Waals surface area (Å²) in [6.45, 7) is 0. The molecular weight excluding hydrogens is 300 g/mol. The Balaban J connectivity index is 1.35. The average molecular weight is 314 g/mol. The average Bonchev–Trinajstić information content (AvgIpc) is 3.12. The van der Waals surface area contributed by atoms with E-state index < -0.39 is 0 Å². The number of para-hydroxylation sites is 1.